The van der Waals surface area contributed by atoms with Crippen LogP contribution in [0.4, 0.5) is 0 Å². The molecule has 0 amide bonds. The molecule has 0 saturated heterocycles. The van der Waals surface area contributed by atoms with E-state index in [1.807, 2.05) is 18.2 Å². The zero-order valence-electron chi connectivity index (χ0n) is 7.33. The van der Waals surface area contributed by atoms with Crippen molar-refractivity contribution in [3.8, 4) is 0 Å². The number of fused-ring (bicyclic) bond motifs is 1. The molecule has 4 heteroatoms. The fourth-order valence-corrected chi connectivity index (χ4v) is 2.96. The Hall–Kier alpha value is -0.220. The van der Waals surface area contributed by atoms with E-state index in [9.17, 15) is 0 Å². The van der Waals surface area contributed by atoms with Crippen molar-refractivity contribution in [2.24, 2.45) is 0 Å². The van der Waals surface area contributed by atoms with Crippen LogP contribution < -0.4 is 0 Å². The van der Waals surface area contributed by atoms with Crippen LogP contribution in [0.15, 0.2) is 22.4 Å². The standard InChI is InChI=1S/C10H9ClOS2/c11-4-7-2-9-6(1-8(7)5-12)3-10(13)14-9/h1-3,12-13H,4-5H2. The Morgan fingerprint density at radius 1 is 1.29 bits per heavy atom. The number of thiol groups is 1. The highest BCUT2D eigenvalue weighted by Crippen LogP contribution is 2.31. The van der Waals surface area contributed by atoms with Gasteiger partial charge in [-0.15, -0.1) is 35.6 Å². The first-order valence-electron chi connectivity index (χ1n) is 4.15. The maximum Gasteiger partial charge on any atom is 0.0685 e. The molecule has 2 rings (SSSR count). The van der Waals surface area contributed by atoms with E-state index in [1.54, 1.807) is 11.3 Å². The average Bonchev–Trinajstić information content (AvgIpc) is 2.54. The summed E-state index contributed by atoms with van der Waals surface area (Å²) in [6.07, 6.45) is 0. The number of aliphatic hydroxyl groups is 1. The van der Waals surface area contributed by atoms with Gasteiger partial charge in [-0.1, -0.05) is 0 Å². The molecule has 0 bridgehead atoms. The van der Waals surface area contributed by atoms with Crippen molar-refractivity contribution in [2.45, 2.75) is 16.7 Å². The van der Waals surface area contributed by atoms with Crippen molar-refractivity contribution < 1.29 is 5.11 Å². The second kappa shape index (κ2) is 4.11. The molecule has 1 aromatic carbocycles. The molecule has 0 radical (unpaired) electrons. The zero-order valence-corrected chi connectivity index (χ0v) is 9.79. The minimum Gasteiger partial charge on any atom is -0.392 e. The lowest BCUT2D eigenvalue weighted by atomic mass is 10.1. The lowest BCUT2D eigenvalue weighted by Crippen LogP contribution is -1.90. The third kappa shape index (κ3) is 1.77. The molecule has 2 aromatic rings. The number of benzene rings is 1. The maximum atomic E-state index is 9.14. The molecule has 0 unspecified atom stereocenters. The van der Waals surface area contributed by atoms with Gasteiger partial charge >= 0.3 is 0 Å². The van der Waals surface area contributed by atoms with E-state index in [0.717, 1.165) is 20.7 Å². The summed E-state index contributed by atoms with van der Waals surface area (Å²) >= 11 is 11.7. The van der Waals surface area contributed by atoms with Crippen molar-refractivity contribution in [1.29, 1.82) is 0 Å². The SMILES string of the molecule is OCc1cc2cc(S)sc2cc1CCl. The quantitative estimate of drug-likeness (QED) is 0.613. The van der Waals surface area contributed by atoms with Crippen molar-refractivity contribution in [1.82, 2.24) is 0 Å². The molecular weight excluding hydrogens is 236 g/mol. The van der Waals surface area contributed by atoms with Crippen molar-refractivity contribution in [3.05, 3.63) is 29.3 Å². The summed E-state index contributed by atoms with van der Waals surface area (Å²) in [5, 5.41) is 10.3. The number of alkyl halides is 1. The Kier molecular flexibility index (Phi) is 3.02. The Bertz CT molecular complexity index is 423. The number of rotatable bonds is 2. The summed E-state index contributed by atoms with van der Waals surface area (Å²) in [6.45, 7) is 0.0374. The van der Waals surface area contributed by atoms with Crippen molar-refractivity contribution in [2.75, 3.05) is 0 Å². The van der Waals surface area contributed by atoms with E-state index in [2.05, 4.69) is 12.6 Å². The van der Waals surface area contributed by atoms with Crippen LogP contribution in [0, 0.1) is 0 Å². The smallest absolute Gasteiger partial charge is 0.0685 e. The minimum atomic E-state index is 0.0374. The van der Waals surface area contributed by atoms with Gasteiger partial charge in [0.1, 0.15) is 0 Å². The normalized spacial score (nSPS) is 11.1. The van der Waals surface area contributed by atoms with Gasteiger partial charge in [0.05, 0.1) is 10.8 Å². The van der Waals surface area contributed by atoms with Crippen LogP contribution in [0.25, 0.3) is 10.1 Å². The van der Waals surface area contributed by atoms with Crippen molar-refractivity contribution in [3.63, 3.8) is 0 Å². The lowest BCUT2D eigenvalue weighted by molar-refractivity contribution is 0.281. The molecule has 0 aliphatic rings. The van der Waals surface area contributed by atoms with Gasteiger partial charge in [0.25, 0.3) is 0 Å². The highest BCUT2D eigenvalue weighted by Gasteiger charge is 2.05. The monoisotopic (exact) mass is 244 g/mol. The summed E-state index contributed by atoms with van der Waals surface area (Å²) in [5.74, 6) is 0.436. The van der Waals surface area contributed by atoms with Gasteiger partial charge in [-0.25, -0.2) is 0 Å². The molecule has 14 heavy (non-hydrogen) atoms. The molecule has 0 spiro atoms. The Morgan fingerprint density at radius 2 is 2.07 bits per heavy atom. The first-order valence-corrected chi connectivity index (χ1v) is 5.95. The van der Waals surface area contributed by atoms with Crippen LogP contribution in [0.2, 0.25) is 0 Å². The molecule has 1 aromatic heterocycles. The summed E-state index contributed by atoms with van der Waals surface area (Å²) in [6, 6.07) is 6.00. The van der Waals surface area contributed by atoms with Crippen LogP contribution in [0.3, 0.4) is 0 Å². The molecule has 0 aliphatic heterocycles. The first-order chi connectivity index (χ1) is 6.74. The number of aliphatic hydroxyl groups excluding tert-OH is 1. The summed E-state index contributed by atoms with van der Waals surface area (Å²) in [7, 11) is 0. The summed E-state index contributed by atoms with van der Waals surface area (Å²) < 4.78 is 2.15. The van der Waals surface area contributed by atoms with Gasteiger partial charge < -0.3 is 5.11 Å². The zero-order chi connectivity index (χ0) is 10.1. The summed E-state index contributed by atoms with van der Waals surface area (Å²) in [5.41, 5.74) is 1.90. The molecule has 74 valence electrons. The molecule has 1 heterocycles. The molecule has 1 N–H and O–H groups in total. The predicted octanol–water partition coefficient (Wildman–Crippen LogP) is 3.42. The van der Waals surface area contributed by atoms with Crippen LogP contribution in [-0.4, -0.2) is 5.11 Å². The number of hydrogen-bond donors (Lipinski definition) is 2. The van der Waals surface area contributed by atoms with Gasteiger partial charge in [-0.3, -0.25) is 0 Å². The molecule has 0 aliphatic carbocycles. The number of hydrogen-bond acceptors (Lipinski definition) is 3. The predicted molar refractivity (Wildman–Crippen MR) is 64.6 cm³/mol. The first kappa shape index (κ1) is 10.3. The number of halogens is 1. The van der Waals surface area contributed by atoms with E-state index in [1.165, 1.54) is 4.70 Å². The third-order valence-electron chi connectivity index (χ3n) is 2.14. The lowest BCUT2D eigenvalue weighted by Gasteiger charge is -2.03. The van der Waals surface area contributed by atoms with E-state index in [4.69, 9.17) is 16.7 Å². The third-order valence-corrected chi connectivity index (χ3v) is 3.73. The molecule has 0 saturated carbocycles. The highest BCUT2D eigenvalue weighted by molar-refractivity contribution is 7.83. The number of thiophene rings is 1. The fraction of sp³-hybridized carbons (Fsp3) is 0.200. The van der Waals surface area contributed by atoms with Crippen LogP contribution >= 0.6 is 35.6 Å². The second-order valence-electron chi connectivity index (χ2n) is 3.04. The average molecular weight is 245 g/mol. The molecule has 0 atom stereocenters. The van der Waals surface area contributed by atoms with Gasteiger partial charge in [0.2, 0.25) is 0 Å². The molecular formula is C10H9ClOS2. The van der Waals surface area contributed by atoms with Crippen molar-refractivity contribution >= 4 is 45.7 Å². The van der Waals surface area contributed by atoms with E-state index < -0.39 is 0 Å². The van der Waals surface area contributed by atoms with Crippen LogP contribution in [-0.2, 0) is 12.5 Å². The molecule has 0 fully saturated rings. The topological polar surface area (TPSA) is 20.2 Å². The second-order valence-corrected chi connectivity index (χ2v) is 5.17. The fourth-order valence-electron chi connectivity index (χ4n) is 1.43. The van der Waals surface area contributed by atoms with Gasteiger partial charge in [0.15, 0.2) is 0 Å². The van der Waals surface area contributed by atoms with Crippen LogP contribution in [0.5, 0.6) is 0 Å². The van der Waals surface area contributed by atoms with Gasteiger partial charge in [-0.2, -0.15) is 0 Å². The largest absolute Gasteiger partial charge is 0.392 e. The minimum absolute atomic E-state index is 0.0374. The molecule has 1 nitrogen and oxygen atoms in total. The van der Waals surface area contributed by atoms with Crippen LogP contribution in [0.1, 0.15) is 11.1 Å². The Morgan fingerprint density at radius 3 is 2.71 bits per heavy atom. The van der Waals surface area contributed by atoms with E-state index >= 15 is 0 Å². The van der Waals surface area contributed by atoms with E-state index in [-0.39, 0.29) is 6.61 Å². The van der Waals surface area contributed by atoms with Gasteiger partial charge in [-0.05, 0) is 34.7 Å². The summed E-state index contributed by atoms with van der Waals surface area (Å²) in [4.78, 5) is 0. The Labute approximate surface area is 96.7 Å². The Balaban J connectivity index is 2.68. The van der Waals surface area contributed by atoms with Gasteiger partial charge in [0, 0.05) is 10.6 Å². The van der Waals surface area contributed by atoms with E-state index in [0.29, 0.717) is 5.88 Å². The maximum absolute atomic E-state index is 9.14. The highest BCUT2D eigenvalue weighted by atomic mass is 35.5.